The third kappa shape index (κ3) is 4.59. The van der Waals surface area contributed by atoms with E-state index in [4.69, 9.17) is 5.84 Å². The Labute approximate surface area is 125 Å². The quantitative estimate of drug-likeness (QED) is 0.247. The van der Waals surface area contributed by atoms with Gasteiger partial charge in [-0.15, -0.1) is 0 Å². The van der Waals surface area contributed by atoms with Crippen molar-refractivity contribution in [3.05, 3.63) is 26.6 Å². The topological polar surface area (TPSA) is 62.4 Å². The van der Waals surface area contributed by atoms with Gasteiger partial charge in [-0.1, -0.05) is 13.3 Å². The monoisotopic (exact) mass is 376 g/mol. The number of guanidine groups is 1. The number of aryl methyl sites for hydroxylation is 1. The number of nitrogens with zero attached hydrogens (tertiary/aromatic N) is 1. The number of hydrogen-bond acceptors (Lipinski definition) is 2. The molecule has 0 amide bonds. The van der Waals surface area contributed by atoms with Gasteiger partial charge >= 0.3 is 0 Å². The molecule has 0 fully saturated rings. The molecule has 1 rings (SSSR count). The first-order valence-electron chi connectivity index (χ1n) is 5.82. The van der Waals surface area contributed by atoms with E-state index >= 15 is 0 Å². The maximum Gasteiger partial charge on any atom is 0.210 e. The van der Waals surface area contributed by atoms with Gasteiger partial charge in [-0.25, -0.2) is 5.84 Å². The molecule has 0 saturated heterocycles. The number of hydrogen-bond donors (Lipinski definition) is 3. The summed E-state index contributed by atoms with van der Waals surface area (Å²) in [5.41, 5.74) is 4.66. The number of rotatable bonds is 4. The molecule has 0 aliphatic carbocycles. The average Bonchev–Trinajstić information content (AvgIpc) is 2.31. The van der Waals surface area contributed by atoms with Gasteiger partial charge in [-0.2, -0.15) is 0 Å². The van der Waals surface area contributed by atoms with E-state index in [1.54, 1.807) is 0 Å². The van der Waals surface area contributed by atoms with E-state index in [1.807, 2.05) is 19.1 Å². The van der Waals surface area contributed by atoms with Crippen molar-refractivity contribution in [3.8, 4) is 0 Å². The molecule has 0 atom stereocenters. The molecule has 1 aromatic carbocycles. The zero-order chi connectivity index (χ0) is 13.5. The molecule has 0 aliphatic rings. The first-order valence-corrected chi connectivity index (χ1v) is 7.40. The first-order chi connectivity index (χ1) is 8.58. The van der Waals surface area contributed by atoms with Crippen LogP contribution in [0.5, 0.6) is 0 Å². The Morgan fingerprint density at radius 2 is 1.94 bits per heavy atom. The minimum atomic E-state index is 0.564. The Hall–Kier alpha value is -0.590. The Bertz CT molecular complexity index is 409. The molecule has 6 heteroatoms. The molecule has 0 unspecified atom stereocenters. The molecule has 18 heavy (non-hydrogen) atoms. The van der Waals surface area contributed by atoms with E-state index in [2.05, 4.69) is 54.5 Å². The lowest BCUT2D eigenvalue weighted by atomic mass is 10.2. The van der Waals surface area contributed by atoms with Gasteiger partial charge in [-0.05, 0) is 62.9 Å². The molecule has 0 aliphatic heterocycles. The number of aliphatic imine (C=N–C) groups is 1. The highest BCUT2D eigenvalue weighted by molar-refractivity contribution is 9.11. The van der Waals surface area contributed by atoms with Crippen molar-refractivity contribution in [2.75, 3.05) is 11.9 Å². The molecule has 100 valence electrons. The standard InChI is InChI=1S/C12H18Br2N4/c1-3-4-5-16-12(18-15)17-11-9(13)6-8(2)7-10(11)14/h6-7H,3-5,15H2,1-2H3,(H2,16,17,18). The summed E-state index contributed by atoms with van der Waals surface area (Å²) in [5.74, 6) is 6.02. The second-order valence-corrected chi connectivity index (χ2v) is 5.67. The third-order valence-corrected chi connectivity index (χ3v) is 3.60. The summed E-state index contributed by atoms with van der Waals surface area (Å²) in [5, 5.41) is 3.17. The lowest BCUT2D eigenvalue weighted by Gasteiger charge is -2.13. The van der Waals surface area contributed by atoms with Gasteiger partial charge in [0.1, 0.15) is 0 Å². The van der Waals surface area contributed by atoms with Crippen LogP contribution in [-0.4, -0.2) is 12.5 Å². The minimum absolute atomic E-state index is 0.564. The van der Waals surface area contributed by atoms with Crippen molar-refractivity contribution in [2.24, 2.45) is 10.8 Å². The van der Waals surface area contributed by atoms with Crippen LogP contribution >= 0.6 is 31.9 Å². The molecular weight excluding hydrogens is 360 g/mol. The van der Waals surface area contributed by atoms with Crippen molar-refractivity contribution in [1.82, 2.24) is 5.43 Å². The van der Waals surface area contributed by atoms with Crippen LogP contribution in [0.25, 0.3) is 0 Å². The molecule has 4 nitrogen and oxygen atoms in total. The maximum atomic E-state index is 5.46. The molecule has 4 N–H and O–H groups in total. The highest BCUT2D eigenvalue weighted by Crippen LogP contribution is 2.32. The SMILES string of the molecule is CCCCN=C(NN)Nc1c(Br)cc(C)cc1Br. The van der Waals surface area contributed by atoms with E-state index < -0.39 is 0 Å². The van der Waals surface area contributed by atoms with Crippen LogP contribution in [-0.2, 0) is 0 Å². The number of nitrogens with one attached hydrogen (secondary N) is 2. The van der Waals surface area contributed by atoms with Crippen LogP contribution in [0.15, 0.2) is 26.1 Å². The predicted octanol–water partition coefficient (Wildman–Crippen LogP) is 3.55. The van der Waals surface area contributed by atoms with Crippen LogP contribution in [0.1, 0.15) is 25.3 Å². The normalized spacial score (nSPS) is 11.5. The van der Waals surface area contributed by atoms with Crippen LogP contribution < -0.4 is 16.6 Å². The fraction of sp³-hybridized carbons (Fsp3) is 0.417. The average molecular weight is 378 g/mol. The highest BCUT2D eigenvalue weighted by atomic mass is 79.9. The molecular formula is C12H18Br2N4. The Kier molecular flexibility index (Phi) is 6.67. The van der Waals surface area contributed by atoms with Crippen molar-refractivity contribution >= 4 is 43.5 Å². The van der Waals surface area contributed by atoms with Crippen molar-refractivity contribution in [3.63, 3.8) is 0 Å². The summed E-state index contributed by atoms with van der Waals surface area (Å²) in [6.45, 7) is 4.92. The van der Waals surface area contributed by atoms with Gasteiger partial charge in [0.25, 0.3) is 0 Å². The largest absolute Gasteiger partial charge is 0.323 e. The maximum absolute atomic E-state index is 5.46. The fourth-order valence-electron chi connectivity index (χ4n) is 1.41. The molecule has 0 heterocycles. The summed E-state index contributed by atoms with van der Waals surface area (Å²) in [7, 11) is 0. The third-order valence-electron chi connectivity index (χ3n) is 2.35. The van der Waals surface area contributed by atoms with Gasteiger partial charge in [0, 0.05) is 15.5 Å². The smallest absolute Gasteiger partial charge is 0.210 e. The van der Waals surface area contributed by atoms with E-state index in [-0.39, 0.29) is 0 Å². The van der Waals surface area contributed by atoms with Crippen LogP contribution in [0.4, 0.5) is 5.69 Å². The predicted molar refractivity (Wildman–Crippen MR) is 84.7 cm³/mol. The van der Waals surface area contributed by atoms with Gasteiger partial charge < -0.3 is 5.32 Å². The van der Waals surface area contributed by atoms with E-state index in [9.17, 15) is 0 Å². The number of halogens is 2. The van der Waals surface area contributed by atoms with Crippen LogP contribution in [0.3, 0.4) is 0 Å². The second-order valence-electron chi connectivity index (χ2n) is 3.96. The molecule has 0 spiro atoms. The van der Waals surface area contributed by atoms with Crippen molar-refractivity contribution in [2.45, 2.75) is 26.7 Å². The first kappa shape index (κ1) is 15.5. The Balaban J connectivity index is 2.85. The van der Waals surface area contributed by atoms with E-state index in [0.717, 1.165) is 34.0 Å². The Morgan fingerprint density at radius 1 is 1.33 bits per heavy atom. The molecule has 0 aromatic heterocycles. The summed E-state index contributed by atoms with van der Waals surface area (Å²) in [6.07, 6.45) is 2.16. The molecule has 0 radical (unpaired) electrons. The number of nitrogens with two attached hydrogens (primary N) is 1. The van der Waals surface area contributed by atoms with E-state index in [1.165, 1.54) is 5.56 Å². The number of hydrazine groups is 1. The van der Waals surface area contributed by atoms with Crippen LogP contribution in [0.2, 0.25) is 0 Å². The summed E-state index contributed by atoms with van der Waals surface area (Å²) >= 11 is 7.04. The summed E-state index contributed by atoms with van der Waals surface area (Å²) in [6, 6.07) is 4.07. The summed E-state index contributed by atoms with van der Waals surface area (Å²) < 4.78 is 1.93. The van der Waals surface area contributed by atoms with Gasteiger partial charge in [0.2, 0.25) is 5.96 Å². The summed E-state index contributed by atoms with van der Waals surface area (Å²) in [4.78, 5) is 4.36. The fourth-order valence-corrected chi connectivity index (χ4v) is 3.02. The Morgan fingerprint density at radius 3 is 2.44 bits per heavy atom. The highest BCUT2D eigenvalue weighted by Gasteiger charge is 2.08. The molecule has 0 bridgehead atoms. The molecule has 0 saturated carbocycles. The second kappa shape index (κ2) is 7.76. The zero-order valence-corrected chi connectivity index (χ0v) is 13.7. The van der Waals surface area contributed by atoms with Crippen molar-refractivity contribution in [1.29, 1.82) is 0 Å². The lowest BCUT2D eigenvalue weighted by molar-refractivity contribution is 0.801. The number of benzene rings is 1. The number of anilines is 1. The zero-order valence-electron chi connectivity index (χ0n) is 10.6. The minimum Gasteiger partial charge on any atom is -0.323 e. The van der Waals surface area contributed by atoms with Gasteiger partial charge in [0.15, 0.2) is 0 Å². The van der Waals surface area contributed by atoms with Crippen LogP contribution in [0, 0.1) is 6.92 Å². The molecule has 1 aromatic rings. The van der Waals surface area contributed by atoms with Gasteiger partial charge in [0.05, 0.1) is 5.69 Å². The van der Waals surface area contributed by atoms with Gasteiger partial charge in [-0.3, -0.25) is 10.4 Å². The number of unbranched alkanes of at least 4 members (excludes halogenated alkanes) is 1. The lowest BCUT2D eigenvalue weighted by Crippen LogP contribution is -2.36. The van der Waals surface area contributed by atoms with E-state index in [0.29, 0.717) is 5.96 Å². The van der Waals surface area contributed by atoms with Crippen molar-refractivity contribution < 1.29 is 0 Å².